The Morgan fingerprint density at radius 3 is 2.35 bits per heavy atom. The average molecular weight is 579 g/mol. The lowest BCUT2D eigenvalue weighted by Gasteiger charge is -2.12. The lowest BCUT2D eigenvalue weighted by Crippen LogP contribution is -2.27. The lowest BCUT2D eigenvalue weighted by atomic mass is 10.2. The van der Waals surface area contributed by atoms with E-state index in [-0.39, 0.29) is 27.3 Å². The van der Waals surface area contributed by atoms with E-state index in [0.29, 0.717) is 15.1 Å². The molecule has 3 aromatic carbocycles. The number of hydrogen-bond donors (Lipinski definition) is 0. The van der Waals surface area contributed by atoms with Crippen LogP contribution in [0.1, 0.15) is 16.7 Å². The van der Waals surface area contributed by atoms with Crippen LogP contribution in [0.5, 0.6) is 5.75 Å². The number of aryl methyl sites for hydroxylation is 1. The van der Waals surface area contributed by atoms with Crippen LogP contribution in [-0.2, 0) is 21.5 Å². The number of carbonyl (C=O) groups excluding carboxylic acids is 2. The highest BCUT2D eigenvalue weighted by Gasteiger charge is 2.35. The maximum atomic E-state index is 12.8. The van der Waals surface area contributed by atoms with Gasteiger partial charge in [0.25, 0.3) is 11.1 Å². The van der Waals surface area contributed by atoms with Crippen LogP contribution in [0.25, 0.3) is 6.08 Å². The SMILES string of the molecule is Cc1ccc(S(=O)(=O)Oc2ccc(/C=C3\SC(=O)N(Cc4ccc(Cl)cc4)C3=O)cc2Br)cc1. The fourth-order valence-corrected chi connectivity index (χ4v) is 5.60. The topological polar surface area (TPSA) is 80.8 Å². The van der Waals surface area contributed by atoms with Gasteiger partial charge in [-0.2, -0.15) is 8.42 Å². The molecule has 0 radical (unpaired) electrons. The standard InChI is InChI=1S/C24H17BrClNO5S2/c1-15-2-9-19(10-3-15)34(30,31)32-21-11-6-17(12-20(21)25)13-22-23(28)27(24(29)33-22)14-16-4-7-18(26)8-5-16/h2-13H,14H2,1H3/b22-13-. The van der Waals surface area contributed by atoms with E-state index < -0.39 is 16.0 Å². The zero-order valence-electron chi connectivity index (χ0n) is 17.7. The van der Waals surface area contributed by atoms with Crippen molar-refractivity contribution in [3.05, 3.63) is 97.8 Å². The van der Waals surface area contributed by atoms with Crippen molar-refractivity contribution < 1.29 is 22.2 Å². The van der Waals surface area contributed by atoms with Crippen molar-refractivity contribution >= 4 is 66.6 Å². The van der Waals surface area contributed by atoms with Gasteiger partial charge < -0.3 is 4.18 Å². The highest BCUT2D eigenvalue weighted by Crippen LogP contribution is 2.35. The van der Waals surface area contributed by atoms with Gasteiger partial charge >= 0.3 is 10.1 Å². The molecule has 10 heteroatoms. The molecule has 0 aliphatic carbocycles. The predicted octanol–water partition coefficient (Wildman–Crippen LogP) is 6.42. The number of imide groups is 1. The molecule has 3 aromatic rings. The molecule has 174 valence electrons. The minimum absolute atomic E-state index is 0.0449. The molecule has 1 aliphatic rings. The van der Waals surface area contributed by atoms with Crippen molar-refractivity contribution in [3.63, 3.8) is 0 Å². The Hall–Kier alpha value is -2.59. The molecule has 0 spiro atoms. The first-order chi connectivity index (χ1) is 16.1. The molecule has 0 saturated carbocycles. The van der Waals surface area contributed by atoms with Gasteiger partial charge in [-0.05, 0) is 88.2 Å². The van der Waals surface area contributed by atoms with Gasteiger partial charge in [0.05, 0.1) is 15.9 Å². The van der Waals surface area contributed by atoms with Crippen LogP contribution in [0.4, 0.5) is 4.79 Å². The summed E-state index contributed by atoms with van der Waals surface area (Å²) in [4.78, 5) is 26.7. The molecule has 1 fully saturated rings. The third-order valence-electron chi connectivity index (χ3n) is 4.89. The monoisotopic (exact) mass is 577 g/mol. The first-order valence-corrected chi connectivity index (χ1v) is 13.3. The van der Waals surface area contributed by atoms with Crippen molar-refractivity contribution in [2.45, 2.75) is 18.4 Å². The van der Waals surface area contributed by atoms with Gasteiger partial charge in [0.1, 0.15) is 4.90 Å². The molecule has 2 amide bonds. The van der Waals surface area contributed by atoms with Gasteiger partial charge in [0.15, 0.2) is 5.75 Å². The molecule has 0 bridgehead atoms. The number of nitrogens with zero attached hydrogens (tertiary/aromatic N) is 1. The Bertz CT molecular complexity index is 1400. The maximum absolute atomic E-state index is 12.8. The van der Waals surface area contributed by atoms with Crippen LogP contribution < -0.4 is 4.18 Å². The van der Waals surface area contributed by atoms with Crippen molar-refractivity contribution in [2.24, 2.45) is 0 Å². The number of thioether (sulfide) groups is 1. The summed E-state index contributed by atoms with van der Waals surface area (Å²) in [7, 11) is -4.01. The van der Waals surface area contributed by atoms with Gasteiger partial charge in [-0.3, -0.25) is 14.5 Å². The average Bonchev–Trinajstić information content (AvgIpc) is 3.04. The minimum atomic E-state index is -4.01. The molecule has 1 saturated heterocycles. The van der Waals surface area contributed by atoms with Crippen molar-refractivity contribution in [2.75, 3.05) is 0 Å². The second kappa shape index (κ2) is 9.95. The summed E-state index contributed by atoms with van der Waals surface area (Å²) in [5.41, 5.74) is 2.32. The molecule has 0 aromatic heterocycles. The van der Waals surface area contributed by atoms with E-state index in [0.717, 1.165) is 22.9 Å². The predicted molar refractivity (Wildman–Crippen MR) is 136 cm³/mol. The molecule has 0 atom stereocenters. The zero-order valence-corrected chi connectivity index (χ0v) is 21.7. The van der Waals surface area contributed by atoms with Gasteiger partial charge in [-0.1, -0.05) is 47.5 Å². The van der Waals surface area contributed by atoms with E-state index in [2.05, 4.69) is 15.9 Å². The summed E-state index contributed by atoms with van der Waals surface area (Å²) in [6.45, 7) is 2.01. The largest absolute Gasteiger partial charge is 0.378 e. The van der Waals surface area contributed by atoms with Crippen LogP contribution in [0.3, 0.4) is 0 Å². The van der Waals surface area contributed by atoms with Gasteiger partial charge in [-0.25, -0.2) is 0 Å². The van der Waals surface area contributed by atoms with E-state index in [1.165, 1.54) is 23.1 Å². The van der Waals surface area contributed by atoms with Crippen molar-refractivity contribution in [1.29, 1.82) is 0 Å². The van der Waals surface area contributed by atoms with Gasteiger partial charge in [0, 0.05) is 5.02 Å². The summed E-state index contributed by atoms with van der Waals surface area (Å²) in [6, 6.07) is 18.0. The molecular formula is C24H17BrClNO5S2. The smallest absolute Gasteiger partial charge is 0.339 e. The second-order valence-corrected chi connectivity index (χ2v) is 11.3. The third-order valence-corrected chi connectivity index (χ3v) is 7.92. The number of hydrogen-bond acceptors (Lipinski definition) is 6. The fourth-order valence-electron chi connectivity index (χ4n) is 3.11. The van der Waals surface area contributed by atoms with Crippen LogP contribution in [0, 0.1) is 6.92 Å². The highest BCUT2D eigenvalue weighted by molar-refractivity contribution is 9.10. The number of rotatable bonds is 6. The number of amides is 2. The van der Waals surface area contributed by atoms with Crippen LogP contribution >= 0.6 is 39.3 Å². The normalized spacial score (nSPS) is 15.3. The number of halogens is 2. The quantitative estimate of drug-likeness (QED) is 0.248. The number of benzene rings is 3. The Balaban J connectivity index is 1.51. The third kappa shape index (κ3) is 5.55. The van der Waals surface area contributed by atoms with E-state index in [1.807, 2.05) is 6.92 Å². The van der Waals surface area contributed by atoms with Crippen LogP contribution in [0.2, 0.25) is 5.02 Å². The second-order valence-electron chi connectivity index (χ2n) is 7.43. The van der Waals surface area contributed by atoms with E-state index >= 15 is 0 Å². The van der Waals surface area contributed by atoms with Crippen LogP contribution in [0.15, 0.2) is 81.0 Å². The number of carbonyl (C=O) groups is 2. The summed E-state index contributed by atoms with van der Waals surface area (Å²) in [6.07, 6.45) is 1.58. The van der Waals surface area contributed by atoms with Gasteiger partial charge in [-0.15, -0.1) is 0 Å². The first-order valence-electron chi connectivity index (χ1n) is 9.93. The summed E-state index contributed by atoms with van der Waals surface area (Å²) in [5.74, 6) is -0.295. The molecule has 1 aliphatic heterocycles. The van der Waals surface area contributed by atoms with Crippen molar-refractivity contribution in [1.82, 2.24) is 4.90 Å². The molecule has 34 heavy (non-hydrogen) atoms. The highest BCUT2D eigenvalue weighted by atomic mass is 79.9. The van der Waals surface area contributed by atoms with Crippen molar-refractivity contribution in [3.8, 4) is 5.75 Å². The Morgan fingerprint density at radius 2 is 1.71 bits per heavy atom. The Morgan fingerprint density at radius 1 is 1.03 bits per heavy atom. The molecule has 0 N–H and O–H groups in total. The van der Waals surface area contributed by atoms with E-state index in [9.17, 15) is 18.0 Å². The first kappa shape index (κ1) is 24.5. The molecule has 6 nitrogen and oxygen atoms in total. The van der Waals surface area contributed by atoms with E-state index in [1.54, 1.807) is 54.6 Å². The maximum Gasteiger partial charge on any atom is 0.339 e. The molecule has 1 heterocycles. The minimum Gasteiger partial charge on any atom is -0.378 e. The van der Waals surface area contributed by atoms with E-state index in [4.69, 9.17) is 15.8 Å². The Kier molecular flexibility index (Phi) is 7.18. The lowest BCUT2D eigenvalue weighted by molar-refractivity contribution is -0.123. The summed E-state index contributed by atoms with van der Waals surface area (Å²) in [5, 5.41) is 0.205. The molecule has 0 unspecified atom stereocenters. The zero-order chi connectivity index (χ0) is 24.5. The fraction of sp³-hybridized carbons (Fsp3) is 0.0833. The molecular weight excluding hydrogens is 562 g/mol. The van der Waals surface area contributed by atoms with Crippen LogP contribution in [-0.4, -0.2) is 24.5 Å². The summed E-state index contributed by atoms with van der Waals surface area (Å²) >= 11 is 10.1. The molecule has 4 rings (SSSR count). The summed E-state index contributed by atoms with van der Waals surface area (Å²) < 4.78 is 30.8. The van der Waals surface area contributed by atoms with Gasteiger partial charge in [0.2, 0.25) is 0 Å². The Labute approximate surface area is 214 Å².